The average Bonchev–Trinajstić information content (AvgIpc) is 3.08. The van der Waals surface area contributed by atoms with Gasteiger partial charge < -0.3 is 9.47 Å². The summed E-state index contributed by atoms with van der Waals surface area (Å²) in [5, 5.41) is 5.07. The molecule has 0 N–H and O–H groups in total. The number of thioether (sulfide) groups is 1. The van der Waals surface area contributed by atoms with E-state index in [4.69, 9.17) is 0 Å². The van der Waals surface area contributed by atoms with Gasteiger partial charge in [-0.2, -0.15) is 11.3 Å². The van der Waals surface area contributed by atoms with Gasteiger partial charge in [0.05, 0.1) is 11.4 Å². The molecule has 0 aliphatic carbocycles. The third-order valence-corrected chi connectivity index (χ3v) is 5.41. The van der Waals surface area contributed by atoms with Crippen molar-refractivity contribution in [3.63, 3.8) is 0 Å². The van der Waals surface area contributed by atoms with Crippen LogP contribution in [0.15, 0.2) is 22.0 Å². The van der Waals surface area contributed by atoms with Crippen LogP contribution in [0.1, 0.15) is 30.8 Å². The number of nitrogens with zero attached hydrogens (tertiary/aromatic N) is 3. The van der Waals surface area contributed by atoms with Crippen molar-refractivity contribution in [2.45, 2.75) is 45.9 Å². The molecule has 4 nitrogen and oxygen atoms in total. The van der Waals surface area contributed by atoms with Crippen LogP contribution in [0.5, 0.6) is 0 Å². The van der Waals surface area contributed by atoms with E-state index in [1.165, 1.54) is 23.0 Å². The van der Waals surface area contributed by atoms with Gasteiger partial charge in [0.25, 0.3) is 0 Å². The highest BCUT2D eigenvalue weighted by Gasteiger charge is 2.16. The molecule has 2 heterocycles. The van der Waals surface area contributed by atoms with E-state index >= 15 is 0 Å². The zero-order chi connectivity index (χ0) is 17.0. The van der Waals surface area contributed by atoms with Crippen LogP contribution in [-0.2, 0) is 17.9 Å². The maximum absolute atomic E-state index is 12.3. The Bertz CT molecular complexity index is 647. The molecule has 0 fully saturated rings. The standard InChI is InChI=1S/C17H25N3OS2/c1-12(2)8-20-14(4)13(3)18-17(20)23-11-16(21)19(5)9-15-6-7-22-10-15/h6-7,10,12H,8-9,11H2,1-5H3. The summed E-state index contributed by atoms with van der Waals surface area (Å²) in [7, 11) is 1.86. The lowest BCUT2D eigenvalue weighted by atomic mass is 10.2. The van der Waals surface area contributed by atoms with E-state index in [-0.39, 0.29) is 5.91 Å². The van der Waals surface area contributed by atoms with Gasteiger partial charge in [0.1, 0.15) is 0 Å². The quantitative estimate of drug-likeness (QED) is 0.709. The summed E-state index contributed by atoms with van der Waals surface area (Å²) in [6, 6.07) is 2.06. The molecule has 6 heteroatoms. The number of imidazole rings is 1. The minimum atomic E-state index is 0.135. The summed E-state index contributed by atoms with van der Waals surface area (Å²) in [4.78, 5) is 18.7. The normalized spacial score (nSPS) is 11.2. The Kier molecular flexibility index (Phi) is 6.30. The van der Waals surface area contributed by atoms with E-state index in [0.29, 0.717) is 18.2 Å². The van der Waals surface area contributed by atoms with Crippen molar-refractivity contribution in [1.29, 1.82) is 0 Å². The van der Waals surface area contributed by atoms with Crippen molar-refractivity contribution in [1.82, 2.24) is 14.5 Å². The second-order valence-electron chi connectivity index (χ2n) is 6.24. The van der Waals surface area contributed by atoms with Crippen molar-refractivity contribution < 1.29 is 4.79 Å². The fraction of sp³-hybridized carbons (Fsp3) is 0.529. The average molecular weight is 352 g/mol. The molecule has 0 saturated heterocycles. The van der Waals surface area contributed by atoms with E-state index in [1.807, 2.05) is 19.4 Å². The molecular formula is C17H25N3OS2. The lowest BCUT2D eigenvalue weighted by Crippen LogP contribution is -2.27. The summed E-state index contributed by atoms with van der Waals surface area (Å²) >= 11 is 3.20. The van der Waals surface area contributed by atoms with Gasteiger partial charge in [-0.25, -0.2) is 4.98 Å². The maximum Gasteiger partial charge on any atom is 0.233 e. The summed E-state index contributed by atoms with van der Waals surface area (Å²) in [6.07, 6.45) is 0. The number of aromatic nitrogens is 2. The molecule has 0 unspecified atom stereocenters. The summed E-state index contributed by atoms with van der Waals surface area (Å²) in [5.41, 5.74) is 3.43. The van der Waals surface area contributed by atoms with E-state index in [9.17, 15) is 4.79 Å². The Morgan fingerprint density at radius 3 is 2.78 bits per heavy atom. The predicted molar refractivity (Wildman–Crippen MR) is 98.1 cm³/mol. The molecule has 0 radical (unpaired) electrons. The number of aryl methyl sites for hydroxylation is 1. The molecule has 2 aromatic heterocycles. The molecule has 2 aromatic rings. The van der Waals surface area contributed by atoms with Gasteiger partial charge in [-0.3, -0.25) is 4.79 Å². The molecule has 2 rings (SSSR count). The van der Waals surface area contributed by atoms with Crippen LogP contribution in [-0.4, -0.2) is 33.2 Å². The SMILES string of the molecule is Cc1nc(SCC(=O)N(C)Cc2ccsc2)n(CC(C)C)c1C. The number of amides is 1. The van der Waals surface area contributed by atoms with Gasteiger partial charge in [0.2, 0.25) is 5.91 Å². The van der Waals surface area contributed by atoms with Crippen molar-refractivity contribution in [2.24, 2.45) is 5.92 Å². The Labute approximate surface area is 146 Å². The monoisotopic (exact) mass is 351 g/mol. The number of hydrogen-bond donors (Lipinski definition) is 0. The summed E-state index contributed by atoms with van der Waals surface area (Å²) in [6.45, 7) is 10.1. The minimum Gasteiger partial charge on any atom is -0.341 e. The topological polar surface area (TPSA) is 38.1 Å². The highest BCUT2D eigenvalue weighted by atomic mass is 32.2. The van der Waals surface area contributed by atoms with E-state index < -0.39 is 0 Å². The molecule has 0 aliphatic heterocycles. The number of thiophene rings is 1. The fourth-order valence-corrected chi connectivity index (χ4v) is 4.00. The van der Waals surface area contributed by atoms with Crippen molar-refractivity contribution in [2.75, 3.05) is 12.8 Å². The molecule has 0 saturated carbocycles. The van der Waals surface area contributed by atoms with Gasteiger partial charge >= 0.3 is 0 Å². The number of carbonyl (C=O) groups is 1. The third-order valence-electron chi connectivity index (χ3n) is 3.72. The Balaban J connectivity index is 1.97. The second-order valence-corrected chi connectivity index (χ2v) is 7.96. The Morgan fingerprint density at radius 2 is 2.17 bits per heavy atom. The van der Waals surface area contributed by atoms with E-state index in [2.05, 4.69) is 41.8 Å². The molecule has 1 amide bonds. The van der Waals surface area contributed by atoms with Crippen LogP contribution in [0.4, 0.5) is 0 Å². The van der Waals surface area contributed by atoms with Crippen molar-refractivity contribution in [3.8, 4) is 0 Å². The van der Waals surface area contributed by atoms with Gasteiger partial charge in [-0.1, -0.05) is 25.6 Å². The molecule has 126 valence electrons. The first-order chi connectivity index (χ1) is 10.9. The first kappa shape index (κ1) is 18.1. The maximum atomic E-state index is 12.3. The lowest BCUT2D eigenvalue weighted by Gasteiger charge is -2.17. The number of rotatable bonds is 7. The summed E-state index contributed by atoms with van der Waals surface area (Å²) < 4.78 is 2.23. The van der Waals surface area contributed by atoms with Crippen LogP contribution in [0.2, 0.25) is 0 Å². The number of carbonyl (C=O) groups excluding carboxylic acids is 1. The van der Waals surface area contributed by atoms with E-state index in [1.54, 1.807) is 16.2 Å². The minimum absolute atomic E-state index is 0.135. The van der Waals surface area contributed by atoms with Crippen LogP contribution in [0.3, 0.4) is 0 Å². The first-order valence-corrected chi connectivity index (χ1v) is 9.73. The first-order valence-electron chi connectivity index (χ1n) is 7.80. The predicted octanol–water partition coefficient (Wildman–Crippen LogP) is 3.97. The molecule has 0 atom stereocenters. The zero-order valence-electron chi connectivity index (χ0n) is 14.5. The van der Waals surface area contributed by atoms with Gasteiger partial charge in [0.15, 0.2) is 5.16 Å². The summed E-state index contributed by atoms with van der Waals surface area (Å²) in [5.74, 6) is 1.11. The van der Waals surface area contributed by atoms with E-state index in [0.717, 1.165) is 17.4 Å². The van der Waals surface area contributed by atoms with Crippen molar-refractivity contribution >= 4 is 29.0 Å². The largest absolute Gasteiger partial charge is 0.341 e. The van der Waals surface area contributed by atoms with Gasteiger partial charge in [-0.15, -0.1) is 0 Å². The Hall–Kier alpha value is -1.27. The van der Waals surface area contributed by atoms with Crippen LogP contribution in [0.25, 0.3) is 0 Å². The molecular weight excluding hydrogens is 326 g/mol. The van der Waals surface area contributed by atoms with Crippen LogP contribution >= 0.6 is 23.1 Å². The molecule has 0 bridgehead atoms. The third kappa shape index (κ3) is 4.85. The molecule has 23 heavy (non-hydrogen) atoms. The smallest absolute Gasteiger partial charge is 0.233 e. The number of hydrogen-bond acceptors (Lipinski definition) is 4. The molecule has 0 aliphatic rings. The highest BCUT2D eigenvalue weighted by molar-refractivity contribution is 7.99. The second kappa shape index (κ2) is 8.02. The molecule has 0 spiro atoms. The molecule has 0 aromatic carbocycles. The van der Waals surface area contributed by atoms with Crippen molar-refractivity contribution in [3.05, 3.63) is 33.8 Å². The lowest BCUT2D eigenvalue weighted by molar-refractivity contribution is -0.127. The van der Waals surface area contributed by atoms with Gasteiger partial charge in [-0.05, 0) is 42.2 Å². The fourth-order valence-electron chi connectivity index (χ4n) is 2.30. The Morgan fingerprint density at radius 1 is 1.43 bits per heavy atom. The van der Waals surface area contributed by atoms with Crippen LogP contribution in [0, 0.1) is 19.8 Å². The van der Waals surface area contributed by atoms with Gasteiger partial charge in [0, 0.05) is 25.8 Å². The highest BCUT2D eigenvalue weighted by Crippen LogP contribution is 2.23. The van der Waals surface area contributed by atoms with Crippen LogP contribution < -0.4 is 0 Å². The zero-order valence-corrected chi connectivity index (χ0v) is 16.1.